The molecule has 5 rings (SSSR count). The first-order valence-electron chi connectivity index (χ1n) is 10.7. The highest BCUT2D eigenvalue weighted by Crippen LogP contribution is 2.23. The van der Waals surface area contributed by atoms with Crippen molar-refractivity contribution in [2.45, 2.75) is 12.5 Å². The number of carbonyl (C=O) groups excluding carboxylic acids is 3. The number of piperazine rings is 1. The molecule has 2 aliphatic rings. The van der Waals surface area contributed by atoms with E-state index in [0.717, 1.165) is 17.0 Å². The lowest BCUT2D eigenvalue weighted by Gasteiger charge is -2.35. The van der Waals surface area contributed by atoms with Gasteiger partial charge in [0.25, 0.3) is 5.91 Å². The minimum absolute atomic E-state index is 0.0716. The van der Waals surface area contributed by atoms with Gasteiger partial charge in [0.1, 0.15) is 6.04 Å². The summed E-state index contributed by atoms with van der Waals surface area (Å²) in [6.45, 7) is 2.37. The number of carbonyl (C=O) groups is 3. The number of nitrogens with one attached hydrogen (secondary N) is 2. The molecule has 1 saturated heterocycles. The molecule has 0 bridgehead atoms. The molecule has 0 unspecified atom stereocenters. The molecule has 0 radical (unpaired) electrons. The highest BCUT2D eigenvalue weighted by molar-refractivity contribution is 6.10. The summed E-state index contributed by atoms with van der Waals surface area (Å²) in [5, 5.41) is 5.44. The van der Waals surface area contributed by atoms with Crippen LogP contribution >= 0.6 is 0 Å². The van der Waals surface area contributed by atoms with Crippen molar-refractivity contribution in [1.82, 2.24) is 19.8 Å². The van der Waals surface area contributed by atoms with Gasteiger partial charge in [0.2, 0.25) is 17.8 Å². The summed E-state index contributed by atoms with van der Waals surface area (Å²) in [6.07, 6.45) is -0.0716. The van der Waals surface area contributed by atoms with Gasteiger partial charge >= 0.3 is 0 Å². The Morgan fingerprint density at radius 3 is 2.53 bits per heavy atom. The number of hydrogen-bond donors (Lipinski definition) is 2. The molecule has 0 saturated carbocycles. The van der Waals surface area contributed by atoms with E-state index >= 15 is 0 Å². The van der Waals surface area contributed by atoms with E-state index in [1.54, 1.807) is 29.2 Å². The molecule has 0 spiro atoms. The number of rotatable bonds is 3. The Balaban J connectivity index is 1.23. The molecule has 1 fully saturated rings. The number of hydrogen-bond acceptors (Lipinski definition) is 5. The van der Waals surface area contributed by atoms with Gasteiger partial charge in [0.05, 0.1) is 28.7 Å². The molecule has 164 valence electrons. The minimum Gasteiger partial charge on any atom is -0.340 e. The lowest BCUT2D eigenvalue weighted by molar-refractivity contribution is -0.134. The van der Waals surface area contributed by atoms with Crippen LogP contribution in [0.5, 0.6) is 0 Å². The second-order valence-corrected chi connectivity index (χ2v) is 8.09. The molecule has 3 aromatic rings. The molecule has 3 amide bonds. The fourth-order valence-electron chi connectivity index (χ4n) is 4.33. The Hall–Kier alpha value is -3.88. The molecule has 32 heavy (non-hydrogen) atoms. The van der Waals surface area contributed by atoms with Crippen LogP contribution in [0, 0.1) is 0 Å². The molecule has 3 heterocycles. The zero-order valence-corrected chi connectivity index (χ0v) is 17.7. The number of amides is 3. The van der Waals surface area contributed by atoms with E-state index < -0.39 is 6.04 Å². The van der Waals surface area contributed by atoms with E-state index in [9.17, 15) is 14.4 Å². The van der Waals surface area contributed by atoms with Crippen LogP contribution in [0.15, 0.2) is 48.5 Å². The Kier molecular flexibility index (Phi) is 5.01. The number of nitrogens with zero attached hydrogens (tertiary/aromatic N) is 4. The SMILES string of the molecule is Cn1c(N2CCN(C(=O)C[C@H]3NC(=O)c4ccccc4NC3=O)CC2)nc2ccccc21. The monoisotopic (exact) mass is 432 g/mol. The molecule has 1 atom stereocenters. The minimum atomic E-state index is -0.903. The van der Waals surface area contributed by atoms with E-state index in [-0.39, 0.29) is 24.1 Å². The van der Waals surface area contributed by atoms with Gasteiger partial charge in [0, 0.05) is 33.2 Å². The van der Waals surface area contributed by atoms with Gasteiger partial charge < -0.3 is 25.0 Å². The summed E-state index contributed by atoms with van der Waals surface area (Å²) < 4.78 is 2.07. The zero-order chi connectivity index (χ0) is 22.2. The Morgan fingerprint density at radius 2 is 1.75 bits per heavy atom. The highest BCUT2D eigenvalue weighted by Gasteiger charge is 2.32. The molecular weight excluding hydrogens is 408 g/mol. The number of aryl methyl sites for hydroxylation is 1. The fraction of sp³-hybridized carbons (Fsp3) is 0.304. The Bertz CT molecular complexity index is 1210. The van der Waals surface area contributed by atoms with Crippen molar-refractivity contribution >= 4 is 40.4 Å². The largest absolute Gasteiger partial charge is 0.340 e. The molecular formula is C23H24N6O3. The maximum absolute atomic E-state index is 12.9. The molecule has 0 aliphatic carbocycles. The normalized spacial score (nSPS) is 18.7. The average Bonchev–Trinajstić information content (AvgIpc) is 3.09. The van der Waals surface area contributed by atoms with E-state index in [1.165, 1.54) is 0 Å². The van der Waals surface area contributed by atoms with E-state index in [1.807, 2.05) is 31.3 Å². The lowest BCUT2D eigenvalue weighted by atomic mass is 10.1. The number of aromatic nitrogens is 2. The maximum Gasteiger partial charge on any atom is 0.254 e. The predicted molar refractivity (Wildman–Crippen MR) is 120 cm³/mol. The van der Waals surface area contributed by atoms with E-state index in [2.05, 4.69) is 20.1 Å². The highest BCUT2D eigenvalue weighted by atomic mass is 16.2. The molecule has 2 aromatic carbocycles. The summed E-state index contributed by atoms with van der Waals surface area (Å²) >= 11 is 0. The molecule has 1 aromatic heterocycles. The Morgan fingerprint density at radius 1 is 1.03 bits per heavy atom. The van der Waals surface area contributed by atoms with Crippen LogP contribution in [0.3, 0.4) is 0 Å². The van der Waals surface area contributed by atoms with Crippen molar-refractivity contribution in [2.24, 2.45) is 7.05 Å². The maximum atomic E-state index is 12.9. The van der Waals surface area contributed by atoms with Gasteiger partial charge in [-0.2, -0.15) is 0 Å². The van der Waals surface area contributed by atoms with Gasteiger partial charge in [-0.05, 0) is 24.3 Å². The van der Waals surface area contributed by atoms with Crippen LogP contribution in [0.25, 0.3) is 11.0 Å². The Labute approximate surface area is 185 Å². The van der Waals surface area contributed by atoms with Gasteiger partial charge in [-0.1, -0.05) is 24.3 Å². The fourth-order valence-corrected chi connectivity index (χ4v) is 4.33. The van der Waals surface area contributed by atoms with Crippen LogP contribution in [0.2, 0.25) is 0 Å². The van der Waals surface area contributed by atoms with Crippen LogP contribution in [-0.2, 0) is 16.6 Å². The third-order valence-electron chi connectivity index (χ3n) is 6.11. The van der Waals surface area contributed by atoms with Crippen LogP contribution < -0.4 is 15.5 Å². The second kappa shape index (κ2) is 7.99. The van der Waals surface area contributed by atoms with Gasteiger partial charge in [-0.15, -0.1) is 0 Å². The van der Waals surface area contributed by atoms with Crippen molar-refractivity contribution in [3.8, 4) is 0 Å². The quantitative estimate of drug-likeness (QED) is 0.651. The molecule has 9 nitrogen and oxygen atoms in total. The van der Waals surface area contributed by atoms with Crippen molar-refractivity contribution in [3.63, 3.8) is 0 Å². The number of fused-ring (bicyclic) bond motifs is 2. The third kappa shape index (κ3) is 3.55. The smallest absolute Gasteiger partial charge is 0.254 e. The summed E-state index contributed by atoms with van der Waals surface area (Å²) in [6, 6.07) is 13.9. The zero-order valence-electron chi connectivity index (χ0n) is 17.7. The van der Waals surface area contributed by atoms with Crippen LogP contribution in [0.1, 0.15) is 16.8 Å². The van der Waals surface area contributed by atoms with Gasteiger partial charge in [0.15, 0.2) is 0 Å². The van der Waals surface area contributed by atoms with E-state index in [4.69, 9.17) is 4.98 Å². The number of benzene rings is 2. The van der Waals surface area contributed by atoms with Gasteiger partial charge in [-0.25, -0.2) is 4.98 Å². The summed E-state index contributed by atoms with van der Waals surface area (Å²) in [7, 11) is 1.99. The van der Waals surface area contributed by atoms with Crippen LogP contribution in [-0.4, -0.2) is 64.4 Å². The topological polar surface area (TPSA) is 99.6 Å². The first-order valence-corrected chi connectivity index (χ1v) is 10.7. The molecule has 2 N–H and O–H groups in total. The van der Waals surface area contributed by atoms with Crippen LogP contribution in [0.4, 0.5) is 11.6 Å². The van der Waals surface area contributed by atoms with Crippen molar-refractivity contribution < 1.29 is 14.4 Å². The first-order chi connectivity index (χ1) is 15.5. The number of anilines is 2. The van der Waals surface area contributed by atoms with E-state index in [0.29, 0.717) is 37.4 Å². The molecule has 9 heteroatoms. The summed E-state index contributed by atoms with van der Waals surface area (Å²) in [5.41, 5.74) is 2.87. The number of imidazole rings is 1. The van der Waals surface area contributed by atoms with Crippen molar-refractivity contribution in [3.05, 3.63) is 54.1 Å². The predicted octanol–water partition coefficient (Wildman–Crippen LogP) is 1.36. The number of para-hydroxylation sites is 3. The van der Waals surface area contributed by atoms with Crippen molar-refractivity contribution in [1.29, 1.82) is 0 Å². The lowest BCUT2D eigenvalue weighted by Crippen LogP contribution is -2.52. The summed E-state index contributed by atoms with van der Waals surface area (Å²) in [5.74, 6) is -0.00839. The first kappa shape index (κ1) is 20.0. The van der Waals surface area contributed by atoms with Gasteiger partial charge in [-0.3, -0.25) is 14.4 Å². The van der Waals surface area contributed by atoms with Crippen molar-refractivity contribution in [2.75, 3.05) is 36.4 Å². The second-order valence-electron chi connectivity index (χ2n) is 8.09. The molecule has 2 aliphatic heterocycles. The third-order valence-corrected chi connectivity index (χ3v) is 6.11. The standard InChI is InChI=1S/C23H24N6O3/c1-27-19-9-5-4-8-17(19)26-23(27)29-12-10-28(11-13-29)20(30)14-18-22(32)24-16-7-3-2-6-15(16)21(31)25-18/h2-9,18H,10-14H2,1H3,(H,24,32)(H,25,31)/t18-/m1/s1. The average molecular weight is 432 g/mol. The summed E-state index contributed by atoms with van der Waals surface area (Å²) in [4.78, 5) is 46.6.